The summed E-state index contributed by atoms with van der Waals surface area (Å²) in [6.45, 7) is 6.31. The molecule has 0 saturated carbocycles. The van der Waals surface area contributed by atoms with Crippen molar-refractivity contribution in [2.75, 3.05) is 18.0 Å². The van der Waals surface area contributed by atoms with Gasteiger partial charge in [0, 0.05) is 25.2 Å². The highest BCUT2D eigenvalue weighted by Gasteiger charge is 2.04. The third kappa shape index (κ3) is 5.75. The highest BCUT2D eigenvalue weighted by Crippen LogP contribution is 2.15. The van der Waals surface area contributed by atoms with E-state index in [2.05, 4.69) is 48.4 Å². The normalized spacial score (nSPS) is 10.3. The van der Waals surface area contributed by atoms with Crippen LogP contribution >= 0.6 is 0 Å². The largest absolute Gasteiger partial charge is 0.372 e. The maximum absolute atomic E-state index is 11.0. The zero-order valence-corrected chi connectivity index (χ0v) is 12.0. The van der Waals surface area contributed by atoms with Crippen molar-refractivity contribution in [2.45, 2.75) is 39.5 Å². The quantitative estimate of drug-likeness (QED) is 0.328. The van der Waals surface area contributed by atoms with Gasteiger partial charge in [-0.1, -0.05) is 24.1 Å². The molecule has 0 atom stereocenters. The van der Waals surface area contributed by atoms with Crippen LogP contribution in [0.1, 0.15) is 38.2 Å². The number of unbranched alkanes of at least 4 members (excludes halogenated alkanes) is 2. The van der Waals surface area contributed by atoms with Gasteiger partial charge in [-0.25, -0.2) is 5.84 Å². The van der Waals surface area contributed by atoms with E-state index >= 15 is 0 Å². The molecule has 4 nitrogen and oxygen atoms in total. The molecule has 1 aromatic carbocycles. The molecule has 0 aromatic heterocycles. The minimum absolute atomic E-state index is 0.0779. The minimum atomic E-state index is -0.0779. The fourth-order valence-electron chi connectivity index (χ4n) is 2.06. The Morgan fingerprint density at radius 3 is 2.47 bits per heavy atom. The van der Waals surface area contributed by atoms with Gasteiger partial charge in [0.2, 0.25) is 5.91 Å². The number of amides is 1. The molecule has 1 aromatic rings. The summed E-state index contributed by atoms with van der Waals surface area (Å²) < 4.78 is 0. The molecule has 0 fully saturated rings. The molecule has 0 spiro atoms. The maximum atomic E-state index is 11.0. The van der Waals surface area contributed by atoms with Crippen LogP contribution in [-0.4, -0.2) is 19.0 Å². The number of hydrazine groups is 1. The molecule has 4 heteroatoms. The third-order valence-electron chi connectivity index (χ3n) is 3.27. The van der Waals surface area contributed by atoms with Crippen LogP contribution in [0, 0.1) is 6.92 Å². The number of aryl methyl sites for hydroxylation is 1. The minimum Gasteiger partial charge on any atom is -0.372 e. The molecule has 1 amide bonds. The smallest absolute Gasteiger partial charge is 0.233 e. The van der Waals surface area contributed by atoms with Crippen LogP contribution < -0.4 is 16.2 Å². The monoisotopic (exact) mass is 263 g/mol. The van der Waals surface area contributed by atoms with Crippen molar-refractivity contribution in [3.05, 3.63) is 29.8 Å². The molecule has 0 aliphatic carbocycles. The van der Waals surface area contributed by atoms with Crippen LogP contribution in [0.5, 0.6) is 0 Å². The number of rotatable bonds is 8. The molecule has 106 valence electrons. The van der Waals surface area contributed by atoms with E-state index in [-0.39, 0.29) is 5.91 Å². The number of benzene rings is 1. The Labute approximate surface area is 115 Å². The van der Waals surface area contributed by atoms with Crippen molar-refractivity contribution < 1.29 is 4.79 Å². The van der Waals surface area contributed by atoms with E-state index in [1.54, 1.807) is 0 Å². The van der Waals surface area contributed by atoms with Crippen LogP contribution in [0.3, 0.4) is 0 Å². The van der Waals surface area contributed by atoms with E-state index in [1.807, 2.05) is 0 Å². The van der Waals surface area contributed by atoms with Gasteiger partial charge in [-0.15, -0.1) is 0 Å². The maximum Gasteiger partial charge on any atom is 0.233 e. The summed E-state index contributed by atoms with van der Waals surface area (Å²) in [5.41, 5.74) is 4.71. The summed E-state index contributed by atoms with van der Waals surface area (Å²) in [6.07, 6.45) is 3.57. The van der Waals surface area contributed by atoms with Crippen LogP contribution in [0.25, 0.3) is 0 Å². The number of carbonyl (C=O) groups excluding carboxylic acids is 1. The SMILES string of the molecule is CCN(CCCCCC(=O)NN)c1ccc(C)cc1. The molecule has 19 heavy (non-hydrogen) atoms. The third-order valence-corrected chi connectivity index (χ3v) is 3.27. The second-order valence-electron chi connectivity index (χ2n) is 4.79. The van der Waals surface area contributed by atoms with E-state index in [4.69, 9.17) is 5.84 Å². The molecule has 0 bridgehead atoms. The van der Waals surface area contributed by atoms with Gasteiger partial charge in [0.1, 0.15) is 0 Å². The summed E-state index contributed by atoms with van der Waals surface area (Å²) in [7, 11) is 0. The van der Waals surface area contributed by atoms with E-state index < -0.39 is 0 Å². The Balaban J connectivity index is 2.29. The Bertz CT molecular complexity index is 375. The van der Waals surface area contributed by atoms with Gasteiger partial charge in [-0.3, -0.25) is 10.2 Å². The molecule has 0 unspecified atom stereocenters. The van der Waals surface area contributed by atoms with E-state index in [0.717, 1.165) is 32.4 Å². The summed E-state index contributed by atoms with van der Waals surface area (Å²) in [5, 5.41) is 0. The van der Waals surface area contributed by atoms with Crippen molar-refractivity contribution >= 4 is 11.6 Å². The molecule has 3 N–H and O–H groups in total. The van der Waals surface area contributed by atoms with E-state index in [1.165, 1.54) is 11.3 Å². The highest BCUT2D eigenvalue weighted by atomic mass is 16.2. The first kappa shape index (κ1) is 15.5. The lowest BCUT2D eigenvalue weighted by atomic mass is 10.1. The highest BCUT2D eigenvalue weighted by molar-refractivity contribution is 5.75. The Kier molecular flexibility index (Phi) is 6.97. The topological polar surface area (TPSA) is 58.4 Å². The standard InChI is InChI=1S/C15H25N3O/c1-3-18(14-10-8-13(2)9-11-14)12-6-4-5-7-15(19)17-16/h8-11H,3-7,12,16H2,1-2H3,(H,17,19). The molecular formula is C15H25N3O. The van der Waals surface area contributed by atoms with Crippen LogP contribution in [0.15, 0.2) is 24.3 Å². The first-order valence-electron chi connectivity index (χ1n) is 6.98. The van der Waals surface area contributed by atoms with Gasteiger partial charge in [0.15, 0.2) is 0 Å². The van der Waals surface area contributed by atoms with E-state index in [0.29, 0.717) is 6.42 Å². The number of nitrogens with two attached hydrogens (primary N) is 1. The van der Waals surface area contributed by atoms with Crippen LogP contribution in [0.4, 0.5) is 5.69 Å². The first-order valence-corrected chi connectivity index (χ1v) is 6.98. The summed E-state index contributed by atoms with van der Waals surface area (Å²) in [5.74, 6) is 4.96. The second-order valence-corrected chi connectivity index (χ2v) is 4.79. The Morgan fingerprint density at radius 1 is 1.21 bits per heavy atom. The molecule has 0 radical (unpaired) electrons. The summed E-state index contributed by atoms with van der Waals surface area (Å²) >= 11 is 0. The average molecular weight is 263 g/mol. The van der Waals surface area contributed by atoms with Crippen LogP contribution in [0.2, 0.25) is 0 Å². The predicted molar refractivity (Wildman–Crippen MR) is 79.9 cm³/mol. The Morgan fingerprint density at radius 2 is 1.89 bits per heavy atom. The fraction of sp³-hybridized carbons (Fsp3) is 0.533. The fourth-order valence-corrected chi connectivity index (χ4v) is 2.06. The van der Waals surface area contributed by atoms with Gasteiger partial charge in [0.05, 0.1) is 0 Å². The first-order chi connectivity index (χ1) is 9.17. The number of anilines is 1. The van der Waals surface area contributed by atoms with Gasteiger partial charge in [-0.05, 0) is 38.8 Å². The summed E-state index contributed by atoms with van der Waals surface area (Å²) in [6, 6.07) is 8.62. The molecule has 1 rings (SSSR count). The molecular weight excluding hydrogens is 238 g/mol. The lowest BCUT2D eigenvalue weighted by Gasteiger charge is -2.23. The lowest BCUT2D eigenvalue weighted by Crippen LogP contribution is -2.29. The van der Waals surface area contributed by atoms with Crippen molar-refractivity contribution in [3.8, 4) is 0 Å². The second kappa shape index (κ2) is 8.53. The van der Waals surface area contributed by atoms with Gasteiger partial charge in [0.25, 0.3) is 0 Å². The zero-order valence-electron chi connectivity index (χ0n) is 12.0. The summed E-state index contributed by atoms with van der Waals surface area (Å²) in [4.78, 5) is 13.3. The van der Waals surface area contributed by atoms with Gasteiger partial charge >= 0.3 is 0 Å². The van der Waals surface area contributed by atoms with Crippen molar-refractivity contribution in [1.82, 2.24) is 5.43 Å². The number of nitrogens with one attached hydrogen (secondary N) is 1. The van der Waals surface area contributed by atoms with Crippen molar-refractivity contribution in [3.63, 3.8) is 0 Å². The van der Waals surface area contributed by atoms with Crippen LogP contribution in [-0.2, 0) is 4.79 Å². The van der Waals surface area contributed by atoms with Gasteiger partial charge < -0.3 is 4.90 Å². The number of nitrogens with zero attached hydrogens (tertiary/aromatic N) is 1. The van der Waals surface area contributed by atoms with Crippen molar-refractivity contribution in [2.24, 2.45) is 5.84 Å². The molecule has 0 saturated heterocycles. The number of hydrogen-bond acceptors (Lipinski definition) is 3. The molecule has 0 aliphatic heterocycles. The molecule has 0 heterocycles. The lowest BCUT2D eigenvalue weighted by molar-refractivity contribution is -0.121. The number of carbonyl (C=O) groups is 1. The number of hydrogen-bond donors (Lipinski definition) is 2. The molecule has 0 aliphatic rings. The predicted octanol–water partition coefficient (Wildman–Crippen LogP) is 2.37. The van der Waals surface area contributed by atoms with E-state index in [9.17, 15) is 4.79 Å². The van der Waals surface area contributed by atoms with Gasteiger partial charge in [-0.2, -0.15) is 0 Å². The zero-order chi connectivity index (χ0) is 14.1. The Hall–Kier alpha value is -1.55. The average Bonchev–Trinajstić information content (AvgIpc) is 2.43. The van der Waals surface area contributed by atoms with Crippen molar-refractivity contribution in [1.29, 1.82) is 0 Å².